The lowest BCUT2D eigenvalue weighted by atomic mass is 9.98. The van der Waals surface area contributed by atoms with Crippen LogP contribution in [0.1, 0.15) is 186 Å². The van der Waals surface area contributed by atoms with Crippen LogP contribution >= 0.6 is 0 Å². The molecule has 14 atom stereocenters. The van der Waals surface area contributed by atoms with Crippen LogP contribution in [0.25, 0.3) is 0 Å². The summed E-state index contributed by atoms with van der Waals surface area (Å²) in [6.45, 7) is 22.0. The van der Waals surface area contributed by atoms with Crippen LogP contribution in [0.3, 0.4) is 0 Å². The summed E-state index contributed by atoms with van der Waals surface area (Å²) in [5.74, 6) is -12.6. The van der Waals surface area contributed by atoms with Crippen molar-refractivity contribution in [1.82, 2.24) is 63.4 Å². The molecule has 0 aromatic carbocycles. The molecule has 1 saturated heterocycles. The molecule has 1 heterocycles. The molecule has 23 N–H and O–H groups in total. The SMILES string of the molecule is CC(C)C[C@H](NC(=O)[C@@H](NC(=O)[C@@H]1CCCN1C(=O)[C@@H](NC(=O)[C@H](C)NC(=O)[C@H](C)NC(=O)[C@@H](NC(=O)[C@@H](NC(=O)[C@H](CCCCN)NC(=O)[C@H](CCCCN)NC(=O)[C@H](CCCCN)NC(=O)[C@@H](N)CCCCN)C(C)C)C(C)C)[C@@H](C)O)C(C)C)C(=O)N[C@H](C(=O)O)C(C)C. The predicted octanol–water partition coefficient (Wildman–Crippen LogP) is -2.67. The first-order valence-corrected chi connectivity index (χ1v) is 34.6. The highest BCUT2D eigenvalue weighted by molar-refractivity contribution is 6.00. The Morgan fingerprint density at radius 1 is 0.392 bits per heavy atom. The van der Waals surface area contributed by atoms with Gasteiger partial charge in [0.1, 0.15) is 72.5 Å². The van der Waals surface area contributed by atoms with Crippen molar-refractivity contribution in [1.29, 1.82) is 0 Å². The first kappa shape index (κ1) is 87.9. The fraction of sp³-hybridized carbons (Fsp3) is 0.800. The summed E-state index contributed by atoms with van der Waals surface area (Å²) >= 11 is 0. The number of aliphatic hydroxyl groups excluding tert-OH is 1. The van der Waals surface area contributed by atoms with Gasteiger partial charge in [-0.1, -0.05) is 75.7 Å². The van der Waals surface area contributed by atoms with Crippen molar-refractivity contribution in [2.45, 2.75) is 271 Å². The van der Waals surface area contributed by atoms with Crippen LogP contribution in [0.5, 0.6) is 0 Å². The number of likely N-dealkylation sites (tertiary alicyclic amines) is 1. The Bertz CT molecular complexity index is 2560. The molecule has 1 aliphatic rings. The van der Waals surface area contributed by atoms with E-state index in [-0.39, 0.29) is 51.1 Å². The van der Waals surface area contributed by atoms with Gasteiger partial charge in [0.25, 0.3) is 0 Å². The predicted molar refractivity (Wildman–Crippen MR) is 365 cm³/mol. The molecule has 97 heavy (non-hydrogen) atoms. The largest absolute Gasteiger partial charge is 0.480 e. The lowest BCUT2D eigenvalue weighted by Crippen LogP contribution is -2.62. The summed E-state index contributed by atoms with van der Waals surface area (Å²) in [5, 5.41) is 49.6. The number of carboxylic acid groups (broad SMARTS) is 1. The summed E-state index contributed by atoms with van der Waals surface area (Å²) < 4.78 is 0. The number of nitrogens with one attached hydrogen (secondary N) is 11. The second-order valence-electron chi connectivity index (χ2n) is 27.3. The van der Waals surface area contributed by atoms with Crippen molar-refractivity contribution in [3.63, 3.8) is 0 Å². The minimum absolute atomic E-state index is 0.0347. The van der Waals surface area contributed by atoms with Gasteiger partial charge in [0.2, 0.25) is 70.9 Å². The molecule has 0 spiro atoms. The molecular formula is C65H121N17O15. The van der Waals surface area contributed by atoms with Crippen molar-refractivity contribution in [2.24, 2.45) is 58.3 Å². The number of hydrogen-bond donors (Lipinski definition) is 18. The number of carbonyl (C=O) groups is 13. The number of rotatable bonds is 47. The van der Waals surface area contributed by atoms with Crippen LogP contribution in [0, 0.1) is 29.6 Å². The Morgan fingerprint density at radius 3 is 1.13 bits per heavy atom. The minimum Gasteiger partial charge on any atom is -0.480 e. The molecule has 0 aliphatic carbocycles. The fourth-order valence-corrected chi connectivity index (χ4v) is 10.8. The third-order valence-corrected chi connectivity index (χ3v) is 16.7. The molecule has 12 amide bonds. The van der Waals surface area contributed by atoms with Gasteiger partial charge in [-0.05, 0) is 166 Å². The summed E-state index contributed by atoms with van der Waals surface area (Å²) in [7, 11) is 0. The molecule has 0 unspecified atom stereocenters. The highest BCUT2D eigenvalue weighted by atomic mass is 16.4. The summed E-state index contributed by atoms with van der Waals surface area (Å²) in [4.78, 5) is 180. The molecule has 0 radical (unpaired) electrons. The zero-order chi connectivity index (χ0) is 74.0. The molecule has 1 fully saturated rings. The van der Waals surface area contributed by atoms with E-state index < -0.39 is 185 Å². The number of nitrogens with two attached hydrogens (primary N) is 5. The Kier molecular flexibility index (Phi) is 41.2. The summed E-state index contributed by atoms with van der Waals surface area (Å²) in [5.41, 5.74) is 29.1. The lowest BCUT2D eigenvalue weighted by Gasteiger charge is -2.32. The number of unbranched alkanes of at least 4 members (excludes halogenated alkanes) is 4. The van der Waals surface area contributed by atoms with Gasteiger partial charge in [0.15, 0.2) is 0 Å². The maximum Gasteiger partial charge on any atom is 0.326 e. The zero-order valence-electron chi connectivity index (χ0n) is 59.6. The topological polar surface area (TPSA) is 528 Å². The van der Waals surface area contributed by atoms with E-state index in [9.17, 15) is 72.5 Å². The molecular weight excluding hydrogens is 1260 g/mol. The van der Waals surface area contributed by atoms with E-state index in [1.165, 1.54) is 25.7 Å². The van der Waals surface area contributed by atoms with E-state index in [0.29, 0.717) is 83.8 Å². The van der Waals surface area contributed by atoms with Crippen molar-refractivity contribution in [3.8, 4) is 0 Å². The van der Waals surface area contributed by atoms with Gasteiger partial charge in [-0.3, -0.25) is 57.5 Å². The van der Waals surface area contributed by atoms with E-state index >= 15 is 0 Å². The normalized spacial score (nSPS) is 17.2. The number of hydrogen-bond acceptors (Lipinski definition) is 19. The third kappa shape index (κ3) is 31.1. The Labute approximate surface area is 572 Å². The number of aliphatic carboxylic acids is 1. The smallest absolute Gasteiger partial charge is 0.326 e. The molecule has 556 valence electrons. The van der Waals surface area contributed by atoms with Crippen molar-refractivity contribution >= 4 is 76.9 Å². The van der Waals surface area contributed by atoms with E-state index in [0.717, 1.165) is 0 Å². The van der Waals surface area contributed by atoms with Gasteiger partial charge >= 0.3 is 5.97 Å². The monoisotopic (exact) mass is 1380 g/mol. The van der Waals surface area contributed by atoms with E-state index in [1.54, 1.807) is 55.4 Å². The lowest BCUT2D eigenvalue weighted by molar-refractivity contribution is -0.145. The van der Waals surface area contributed by atoms with Crippen LogP contribution < -0.4 is 87.2 Å². The van der Waals surface area contributed by atoms with Gasteiger partial charge in [0, 0.05) is 6.54 Å². The van der Waals surface area contributed by atoms with Crippen LogP contribution in [0.15, 0.2) is 0 Å². The number of nitrogens with zero attached hydrogens (tertiary/aromatic N) is 1. The number of amides is 12. The first-order chi connectivity index (χ1) is 45.5. The van der Waals surface area contributed by atoms with E-state index in [1.807, 2.05) is 13.8 Å². The van der Waals surface area contributed by atoms with Crippen molar-refractivity contribution < 1.29 is 72.5 Å². The Balaban J connectivity index is 3.26. The molecule has 0 aromatic rings. The second kappa shape index (κ2) is 45.5. The van der Waals surface area contributed by atoms with Gasteiger partial charge in [-0.25, -0.2) is 4.79 Å². The molecule has 0 saturated carbocycles. The minimum atomic E-state index is -1.63. The number of carbonyl (C=O) groups excluding carboxylic acids is 12. The standard InChI is InChI=1S/C65H121N17O15/c1-34(2)33-46(59(90)80-51(38(9)10)65(96)97)76-62(93)49(36(5)6)78-60(91)47-27-22-32-82(47)64(95)52(41(13)83)81-54(85)40(12)71-53(84)39(11)72-61(92)48(35(3)4)79-63(94)50(37(7)8)77-58(89)45(26-17-21-31-69)75-57(88)44(25-16-20-30-68)74-56(87)43(24-15-19-29-67)73-55(86)42(70)23-14-18-28-66/h34-52,83H,14-33,66-70H2,1-13H3,(H,71,84)(H,72,92)(H,73,86)(H,74,87)(H,75,88)(H,76,93)(H,77,89)(H,78,91)(H,79,94)(H,80,90)(H,81,85)(H,96,97)/t39-,40-,41+,42-,43-,44-,45-,46-,47-,48-,49-,50-,51-,52-/m0/s1. The van der Waals surface area contributed by atoms with Gasteiger partial charge in [-0.2, -0.15) is 0 Å². The van der Waals surface area contributed by atoms with Crippen LogP contribution in [0.2, 0.25) is 0 Å². The van der Waals surface area contributed by atoms with Crippen molar-refractivity contribution in [2.75, 3.05) is 32.7 Å². The molecule has 0 bridgehead atoms. The quantitative estimate of drug-likeness (QED) is 0.0276. The summed E-state index contributed by atoms with van der Waals surface area (Å²) in [6, 6.07) is -16.0. The van der Waals surface area contributed by atoms with Crippen LogP contribution in [0.4, 0.5) is 0 Å². The third-order valence-electron chi connectivity index (χ3n) is 16.7. The van der Waals surface area contributed by atoms with Gasteiger partial charge < -0.3 is 102 Å². The van der Waals surface area contributed by atoms with Gasteiger partial charge in [-0.15, -0.1) is 0 Å². The first-order valence-electron chi connectivity index (χ1n) is 34.6. The molecule has 0 aromatic heterocycles. The summed E-state index contributed by atoms with van der Waals surface area (Å²) in [6.07, 6.45) is 3.92. The molecule has 32 heteroatoms. The fourth-order valence-electron chi connectivity index (χ4n) is 10.8. The highest BCUT2D eigenvalue weighted by Crippen LogP contribution is 2.21. The molecule has 32 nitrogen and oxygen atoms in total. The highest BCUT2D eigenvalue weighted by Gasteiger charge is 2.43. The van der Waals surface area contributed by atoms with Crippen LogP contribution in [-0.2, 0) is 62.3 Å². The van der Waals surface area contributed by atoms with Gasteiger partial charge in [0.05, 0.1) is 12.1 Å². The molecule has 1 rings (SSSR count). The van der Waals surface area contributed by atoms with E-state index in [4.69, 9.17) is 28.7 Å². The Morgan fingerprint density at radius 2 is 0.722 bits per heavy atom. The maximum atomic E-state index is 14.3. The Hall–Kier alpha value is -7.13. The van der Waals surface area contributed by atoms with Crippen LogP contribution in [-0.4, -0.2) is 209 Å². The maximum absolute atomic E-state index is 14.3. The van der Waals surface area contributed by atoms with Crippen molar-refractivity contribution in [3.05, 3.63) is 0 Å². The number of carboxylic acids is 1. The second-order valence-corrected chi connectivity index (χ2v) is 27.3. The number of aliphatic hydroxyl groups is 1. The molecule has 1 aliphatic heterocycles. The zero-order valence-corrected chi connectivity index (χ0v) is 59.6. The average molecular weight is 1380 g/mol. The average Bonchev–Trinajstić information content (AvgIpc) is 1.76. The van der Waals surface area contributed by atoms with E-state index in [2.05, 4.69) is 58.5 Å².